The molecule has 1 saturated heterocycles. The first-order valence-electron chi connectivity index (χ1n) is 6.15. The first kappa shape index (κ1) is 11.6. The van der Waals surface area contributed by atoms with Gasteiger partial charge in [0.2, 0.25) is 0 Å². The lowest BCUT2D eigenvalue weighted by Gasteiger charge is -2.36. The number of likely N-dealkylation sites (tertiary alicyclic amines) is 1. The van der Waals surface area contributed by atoms with E-state index in [4.69, 9.17) is 0 Å². The molecule has 1 fully saturated rings. The van der Waals surface area contributed by atoms with E-state index in [0.29, 0.717) is 6.04 Å². The van der Waals surface area contributed by atoms with Crippen LogP contribution in [-0.4, -0.2) is 39.0 Å². The Hall–Kier alpha value is -0.900. The summed E-state index contributed by atoms with van der Waals surface area (Å²) in [6.07, 6.45) is 8.49. The fourth-order valence-corrected chi connectivity index (χ4v) is 2.34. The Morgan fingerprint density at radius 2 is 2.31 bits per heavy atom. The summed E-state index contributed by atoms with van der Waals surface area (Å²) in [6, 6.07) is 0.595. The molecule has 1 atom stereocenters. The van der Waals surface area contributed by atoms with Crippen LogP contribution >= 0.6 is 0 Å². The lowest BCUT2D eigenvalue weighted by molar-refractivity contribution is 0.134. The standard InChI is InChI=1S/C12H21N4/c1-11(2)9-15-7-4-3-5-12(15)10-16-8-6-13-14-16/h3,6,8,11-12H,4-5,7,9-10H2,1-2H3. The van der Waals surface area contributed by atoms with Crippen LogP contribution in [-0.2, 0) is 6.54 Å². The minimum atomic E-state index is 0.595. The maximum Gasteiger partial charge on any atom is 0.0692 e. The number of hydrogen-bond acceptors (Lipinski definition) is 3. The third-order valence-corrected chi connectivity index (χ3v) is 3.04. The van der Waals surface area contributed by atoms with Crippen LogP contribution in [0, 0.1) is 12.3 Å². The van der Waals surface area contributed by atoms with Gasteiger partial charge in [-0.3, -0.25) is 9.58 Å². The van der Waals surface area contributed by atoms with E-state index in [-0.39, 0.29) is 0 Å². The van der Waals surface area contributed by atoms with E-state index < -0.39 is 0 Å². The Balaban J connectivity index is 1.93. The molecular formula is C12H21N4. The highest BCUT2D eigenvalue weighted by molar-refractivity contribution is 4.86. The summed E-state index contributed by atoms with van der Waals surface area (Å²) in [5, 5.41) is 7.91. The average molecular weight is 221 g/mol. The Morgan fingerprint density at radius 1 is 1.44 bits per heavy atom. The molecule has 4 heteroatoms. The second-order valence-electron chi connectivity index (χ2n) is 4.98. The highest BCUT2D eigenvalue weighted by atomic mass is 15.4. The van der Waals surface area contributed by atoms with Crippen LogP contribution in [0.15, 0.2) is 12.4 Å². The van der Waals surface area contributed by atoms with Gasteiger partial charge in [0.25, 0.3) is 0 Å². The highest BCUT2D eigenvalue weighted by Gasteiger charge is 2.23. The van der Waals surface area contributed by atoms with E-state index >= 15 is 0 Å². The van der Waals surface area contributed by atoms with Crippen LogP contribution in [0.5, 0.6) is 0 Å². The van der Waals surface area contributed by atoms with E-state index in [1.165, 1.54) is 25.9 Å². The molecule has 0 amide bonds. The van der Waals surface area contributed by atoms with Crippen molar-refractivity contribution in [3.8, 4) is 0 Å². The van der Waals surface area contributed by atoms with E-state index in [0.717, 1.165) is 12.5 Å². The molecule has 4 nitrogen and oxygen atoms in total. The SMILES string of the molecule is CC(C)CN1CC[CH]CC1Cn1ccnn1. The smallest absolute Gasteiger partial charge is 0.0692 e. The molecule has 0 saturated carbocycles. The summed E-state index contributed by atoms with van der Waals surface area (Å²) in [4.78, 5) is 2.59. The molecule has 1 aliphatic rings. The van der Waals surface area contributed by atoms with Crippen LogP contribution in [0.2, 0.25) is 0 Å². The summed E-state index contributed by atoms with van der Waals surface area (Å²) in [5.74, 6) is 0.733. The van der Waals surface area contributed by atoms with Gasteiger partial charge in [-0.2, -0.15) is 0 Å². The van der Waals surface area contributed by atoms with Crippen molar-refractivity contribution in [2.24, 2.45) is 5.92 Å². The molecule has 2 rings (SSSR count). The maximum atomic E-state index is 4.05. The van der Waals surface area contributed by atoms with E-state index in [1.807, 2.05) is 10.9 Å². The maximum absolute atomic E-state index is 4.05. The lowest BCUT2D eigenvalue weighted by atomic mass is 10.0. The fourth-order valence-electron chi connectivity index (χ4n) is 2.34. The molecule has 1 radical (unpaired) electrons. The average Bonchev–Trinajstić information content (AvgIpc) is 2.73. The van der Waals surface area contributed by atoms with Gasteiger partial charge in [0.1, 0.15) is 0 Å². The van der Waals surface area contributed by atoms with E-state index in [9.17, 15) is 0 Å². The Morgan fingerprint density at radius 3 is 3.00 bits per heavy atom. The van der Waals surface area contributed by atoms with Gasteiger partial charge in [0.05, 0.1) is 12.7 Å². The van der Waals surface area contributed by atoms with Gasteiger partial charge in [-0.05, 0) is 31.7 Å². The quantitative estimate of drug-likeness (QED) is 0.774. The van der Waals surface area contributed by atoms with Crippen LogP contribution in [0.1, 0.15) is 26.7 Å². The second kappa shape index (κ2) is 5.43. The molecule has 0 aliphatic carbocycles. The topological polar surface area (TPSA) is 34.0 Å². The minimum Gasteiger partial charge on any atom is -0.298 e. The van der Waals surface area contributed by atoms with Crippen LogP contribution in [0.3, 0.4) is 0 Å². The molecule has 0 bridgehead atoms. The van der Waals surface area contributed by atoms with E-state index in [2.05, 4.69) is 35.5 Å². The zero-order valence-electron chi connectivity index (χ0n) is 10.2. The van der Waals surface area contributed by atoms with Gasteiger partial charge >= 0.3 is 0 Å². The fraction of sp³-hybridized carbons (Fsp3) is 0.750. The summed E-state index contributed by atoms with van der Waals surface area (Å²) < 4.78 is 1.94. The molecule has 1 aromatic rings. The van der Waals surface area contributed by atoms with Crippen molar-refractivity contribution in [1.29, 1.82) is 0 Å². The van der Waals surface area contributed by atoms with E-state index in [1.54, 1.807) is 6.20 Å². The van der Waals surface area contributed by atoms with Gasteiger partial charge in [0, 0.05) is 18.8 Å². The van der Waals surface area contributed by atoms with Crippen LogP contribution < -0.4 is 0 Å². The number of nitrogens with zero attached hydrogens (tertiary/aromatic N) is 4. The van der Waals surface area contributed by atoms with Gasteiger partial charge < -0.3 is 0 Å². The Bertz CT molecular complexity index is 294. The number of aromatic nitrogens is 3. The van der Waals surface area contributed by atoms with Gasteiger partial charge in [-0.25, -0.2) is 0 Å². The van der Waals surface area contributed by atoms with Crippen molar-refractivity contribution in [3.63, 3.8) is 0 Å². The Kier molecular flexibility index (Phi) is 3.93. The van der Waals surface area contributed by atoms with Crippen LogP contribution in [0.25, 0.3) is 0 Å². The predicted molar refractivity (Wildman–Crippen MR) is 63.8 cm³/mol. The zero-order chi connectivity index (χ0) is 11.4. The number of piperidine rings is 1. The van der Waals surface area contributed by atoms with Gasteiger partial charge in [0.15, 0.2) is 0 Å². The third-order valence-electron chi connectivity index (χ3n) is 3.04. The molecule has 0 aromatic carbocycles. The highest BCUT2D eigenvalue weighted by Crippen LogP contribution is 2.18. The van der Waals surface area contributed by atoms with Crippen molar-refractivity contribution >= 4 is 0 Å². The second-order valence-corrected chi connectivity index (χ2v) is 4.98. The zero-order valence-corrected chi connectivity index (χ0v) is 10.2. The molecule has 2 heterocycles. The largest absolute Gasteiger partial charge is 0.298 e. The van der Waals surface area contributed by atoms with Crippen LogP contribution in [0.4, 0.5) is 0 Å². The molecule has 1 aliphatic heterocycles. The molecule has 0 N–H and O–H groups in total. The molecule has 1 unspecified atom stereocenters. The number of rotatable bonds is 4. The van der Waals surface area contributed by atoms with Crippen molar-refractivity contribution in [2.75, 3.05) is 13.1 Å². The molecule has 16 heavy (non-hydrogen) atoms. The monoisotopic (exact) mass is 221 g/mol. The first-order chi connectivity index (χ1) is 7.75. The predicted octanol–water partition coefficient (Wildman–Crippen LogP) is 1.60. The Labute approximate surface area is 97.6 Å². The molecular weight excluding hydrogens is 200 g/mol. The van der Waals surface area contributed by atoms with Crippen molar-refractivity contribution in [3.05, 3.63) is 18.8 Å². The summed E-state index contributed by atoms with van der Waals surface area (Å²) in [6.45, 7) is 7.91. The minimum absolute atomic E-state index is 0.595. The molecule has 89 valence electrons. The van der Waals surface area contributed by atoms with Crippen molar-refractivity contribution in [1.82, 2.24) is 19.9 Å². The molecule has 0 spiro atoms. The first-order valence-corrected chi connectivity index (χ1v) is 6.15. The normalized spacial score (nSPS) is 22.8. The summed E-state index contributed by atoms with van der Waals surface area (Å²) in [5.41, 5.74) is 0. The van der Waals surface area contributed by atoms with Crippen molar-refractivity contribution < 1.29 is 0 Å². The molecule has 1 aromatic heterocycles. The third kappa shape index (κ3) is 3.04. The van der Waals surface area contributed by atoms with Gasteiger partial charge in [-0.15, -0.1) is 5.10 Å². The lowest BCUT2D eigenvalue weighted by Crippen LogP contribution is -2.44. The summed E-state index contributed by atoms with van der Waals surface area (Å²) >= 11 is 0. The van der Waals surface area contributed by atoms with Crippen molar-refractivity contribution in [2.45, 2.75) is 39.3 Å². The number of hydrogen-bond donors (Lipinski definition) is 0. The van der Waals surface area contributed by atoms with Gasteiger partial charge in [-0.1, -0.05) is 19.1 Å². The summed E-state index contributed by atoms with van der Waals surface area (Å²) in [7, 11) is 0.